The third-order valence-corrected chi connectivity index (χ3v) is 3.02. The van der Waals surface area contributed by atoms with Gasteiger partial charge in [0.25, 0.3) is 0 Å². The van der Waals surface area contributed by atoms with Crippen LogP contribution in [0, 0.1) is 5.92 Å². The molecule has 0 bridgehead atoms. The molecule has 4 heteroatoms. The summed E-state index contributed by atoms with van der Waals surface area (Å²) in [6.07, 6.45) is 3.66. The van der Waals surface area contributed by atoms with Crippen molar-refractivity contribution < 1.29 is 9.90 Å². The van der Waals surface area contributed by atoms with Gasteiger partial charge in [-0.1, -0.05) is 6.92 Å². The zero-order valence-corrected chi connectivity index (χ0v) is 10.4. The van der Waals surface area contributed by atoms with Crippen LogP contribution >= 0.6 is 0 Å². The molecule has 2 amide bonds. The van der Waals surface area contributed by atoms with E-state index in [-0.39, 0.29) is 12.1 Å². The van der Waals surface area contributed by atoms with Gasteiger partial charge in [-0.2, -0.15) is 0 Å². The molecular formula is C12H24N2O2. The number of hydrogen-bond acceptors (Lipinski definition) is 2. The van der Waals surface area contributed by atoms with Crippen molar-refractivity contribution in [3.63, 3.8) is 0 Å². The Morgan fingerprint density at radius 2 is 2.38 bits per heavy atom. The monoisotopic (exact) mass is 228 g/mol. The highest BCUT2D eigenvalue weighted by Crippen LogP contribution is 2.15. The van der Waals surface area contributed by atoms with Gasteiger partial charge in [-0.15, -0.1) is 0 Å². The summed E-state index contributed by atoms with van der Waals surface area (Å²) in [4.78, 5) is 13.6. The van der Waals surface area contributed by atoms with E-state index in [9.17, 15) is 4.79 Å². The maximum atomic E-state index is 11.7. The van der Waals surface area contributed by atoms with Gasteiger partial charge >= 0.3 is 6.03 Å². The van der Waals surface area contributed by atoms with E-state index in [1.54, 1.807) is 6.92 Å². The van der Waals surface area contributed by atoms with E-state index in [2.05, 4.69) is 12.2 Å². The van der Waals surface area contributed by atoms with Gasteiger partial charge in [-0.25, -0.2) is 4.79 Å². The Balaban J connectivity index is 2.14. The Morgan fingerprint density at radius 1 is 1.62 bits per heavy atom. The molecule has 0 aromatic rings. The first-order valence-electron chi connectivity index (χ1n) is 6.30. The Labute approximate surface area is 98.0 Å². The average molecular weight is 228 g/mol. The Bertz CT molecular complexity index is 219. The maximum Gasteiger partial charge on any atom is 0.317 e. The van der Waals surface area contributed by atoms with Gasteiger partial charge in [-0.3, -0.25) is 0 Å². The van der Waals surface area contributed by atoms with Crippen LogP contribution < -0.4 is 5.32 Å². The van der Waals surface area contributed by atoms with E-state index in [1.165, 1.54) is 6.42 Å². The Hall–Kier alpha value is -0.770. The SMILES string of the molecule is CC(O)CCCNC(=O)N1CCCC(C)C1. The standard InChI is InChI=1S/C12H24N2O2/c1-10-5-4-8-14(9-10)12(16)13-7-3-6-11(2)15/h10-11,15H,3-9H2,1-2H3,(H,13,16). The van der Waals surface area contributed by atoms with Crippen LogP contribution in [0.15, 0.2) is 0 Å². The van der Waals surface area contributed by atoms with Crippen molar-refractivity contribution in [2.75, 3.05) is 19.6 Å². The summed E-state index contributed by atoms with van der Waals surface area (Å²) in [5, 5.41) is 12.0. The number of aliphatic hydroxyl groups excluding tert-OH is 1. The molecule has 1 rings (SSSR count). The number of piperidine rings is 1. The molecule has 1 aliphatic heterocycles. The molecule has 0 radical (unpaired) electrons. The van der Waals surface area contributed by atoms with Crippen molar-refractivity contribution in [3.05, 3.63) is 0 Å². The van der Waals surface area contributed by atoms with Crippen LogP contribution in [-0.2, 0) is 0 Å². The van der Waals surface area contributed by atoms with Crippen molar-refractivity contribution in [2.45, 2.75) is 45.6 Å². The first kappa shape index (κ1) is 13.3. The number of aliphatic hydroxyl groups is 1. The van der Waals surface area contributed by atoms with E-state index in [0.29, 0.717) is 12.5 Å². The van der Waals surface area contributed by atoms with Gasteiger partial charge < -0.3 is 15.3 Å². The minimum atomic E-state index is -0.271. The Kier molecular flexibility index (Phi) is 5.60. The first-order chi connectivity index (χ1) is 7.59. The van der Waals surface area contributed by atoms with Crippen LogP contribution in [0.25, 0.3) is 0 Å². The van der Waals surface area contributed by atoms with Crippen LogP contribution in [0.5, 0.6) is 0 Å². The number of hydrogen-bond donors (Lipinski definition) is 2. The average Bonchev–Trinajstić information content (AvgIpc) is 2.24. The predicted molar refractivity (Wildman–Crippen MR) is 64.3 cm³/mol. The zero-order valence-electron chi connectivity index (χ0n) is 10.4. The second-order valence-electron chi connectivity index (χ2n) is 4.92. The lowest BCUT2D eigenvalue weighted by Gasteiger charge is -2.30. The van der Waals surface area contributed by atoms with E-state index < -0.39 is 0 Å². The molecule has 0 spiro atoms. The Morgan fingerprint density at radius 3 is 3.00 bits per heavy atom. The molecule has 1 fully saturated rings. The summed E-state index contributed by atoms with van der Waals surface area (Å²) < 4.78 is 0. The van der Waals surface area contributed by atoms with Crippen molar-refractivity contribution in [3.8, 4) is 0 Å². The molecular weight excluding hydrogens is 204 g/mol. The highest BCUT2D eigenvalue weighted by Gasteiger charge is 2.20. The largest absolute Gasteiger partial charge is 0.393 e. The van der Waals surface area contributed by atoms with Crippen molar-refractivity contribution in [1.82, 2.24) is 10.2 Å². The molecule has 2 atom stereocenters. The molecule has 4 nitrogen and oxygen atoms in total. The molecule has 2 N–H and O–H groups in total. The molecule has 0 aliphatic carbocycles. The van der Waals surface area contributed by atoms with Crippen molar-refractivity contribution in [2.24, 2.45) is 5.92 Å². The lowest BCUT2D eigenvalue weighted by Crippen LogP contribution is -2.45. The zero-order chi connectivity index (χ0) is 12.0. The van der Waals surface area contributed by atoms with Crippen LogP contribution in [0.1, 0.15) is 39.5 Å². The lowest BCUT2D eigenvalue weighted by molar-refractivity contribution is 0.165. The number of nitrogens with one attached hydrogen (secondary N) is 1. The summed E-state index contributed by atoms with van der Waals surface area (Å²) in [5.74, 6) is 0.622. The minimum absolute atomic E-state index is 0.0529. The second kappa shape index (κ2) is 6.74. The van der Waals surface area contributed by atoms with E-state index in [0.717, 1.165) is 32.4 Å². The lowest BCUT2D eigenvalue weighted by atomic mass is 10.0. The molecule has 1 saturated heterocycles. The molecule has 2 unspecified atom stereocenters. The molecule has 0 aromatic carbocycles. The number of carbonyl (C=O) groups excluding carboxylic acids is 1. The van der Waals surface area contributed by atoms with Gasteiger partial charge in [0.15, 0.2) is 0 Å². The topological polar surface area (TPSA) is 52.6 Å². The van der Waals surface area contributed by atoms with E-state index in [1.807, 2.05) is 4.90 Å². The van der Waals surface area contributed by atoms with Crippen molar-refractivity contribution in [1.29, 1.82) is 0 Å². The quantitative estimate of drug-likeness (QED) is 0.718. The second-order valence-corrected chi connectivity index (χ2v) is 4.92. The number of nitrogens with zero attached hydrogens (tertiary/aromatic N) is 1. The van der Waals surface area contributed by atoms with Crippen LogP contribution in [0.2, 0.25) is 0 Å². The highest BCUT2D eigenvalue weighted by molar-refractivity contribution is 5.74. The van der Waals surface area contributed by atoms with Crippen LogP contribution in [0.3, 0.4) is 0 Å². The fourth-order valence-corrected chi connectivity index (χ4v) is 2.08. The smallest absolute Gasteiger partial charge is 0.317 e. The summed E-state index contributed by atoms with van der Waals surface area (Å²) in [6, 6.07) is 0.0529. The third-order valence-electron chi connectivity index (χ3n) is 3.02. The van der Waals surface area contributed by atoms with Gasteiger partial charge in [0, 0.05) is 19.6 Å². The number of amides is 2. The van der Waals surface area contributed by atoms with Crippen molar-refractivity contribution >= 4 is 6.03 Å². The molecule has 1 heterocycles. The van der Waals surface area contributed by atoms with E-state index in [4.69, 9.17) is 5.11 Å². The number of likely N-dealkylation sites (tertiary alicyclic amines) is 1. The van der Waals surface area contributed by atoms with Gasteiger partial charge in [0.2, 0.25) is 0 Å². The predicted octanol–water partition coefficient (Wildman–Crippen LogP) is 1.59. The number of urea groups is 1. The van der Waals surface area contributed by atoms with Gasteiger partial charge in [0.1, 0.15) is 0 Å². The normalized spacial score (nSPS) is 22.9. The number of rotatable bonds is 4. The van der Waals surface area contributed by atoms with Gasteiger partial charge in [0.05, 0.1) is 6.10 Å². The van der Waals surface area contributed by atoms with Gasteiger partial charge in [-0.05, 0) is 38.5 Å². The summed E-state index contributed by atoms with van der Waals surface area (Å²) in [5.41, 5.74) is 0. The minimum Gasteiger partial charge on any atom is -0.393 e. The highest BCUT2D eigenvalue weighted by atomic mass is 16.3. The molecule has 0 aromatic heterocycles. The van der Waals surface area contributed by atoms with E-state index >= 15 is 0 Å². The summed E-state index contributed by atoms with van der Waals surface area (Å²) >= 11 is 0. The first-order valence-corrected chi connectivity index (χ1v) is 6.30. The van der Waals surface area contributed by atoms with Crippen LogP contribution in [-0.4, -0.2) is 41.8 Å². The number of carbonyl (C=O) groups is 1. The fourth-order valence-electron chi connectivity index (χ4n) is 2.08. The molecule has 1 aliphatic rings. The van der Waals surface area contributed by atoms with Crippen LogP contribution in [0.4, 0.5) is 4.79 Å². The molecule has 94 valence electrons. The summed E-state index contributed by atoms with van der Waals surface area (Å²) in [7, 11) is 0. The maximum absolute atomic E-state index is 11.7. The third kappa shape index (κ3) is 4.84. The summed E-state index contributed by atoms with van der Waals surface area (Å²) in [6.45, 7) is 6.38. The molecule has 0 saturated carbocycles. The fraction of sp³-hybridized carbons (Fsp3) is 0.917. The molecule has 16 heavy (non-hydrogen) atoms.